The van der Waals surface area contributed by atoms with Crippen molar-refractivity contribution in [2.24, 2.45) is 0 Å². The molecule has 0 heterocycles. The second-order valence-corrected chi connectivity index (χ2v) is 8.93. The van der Waals surface area contributed by atoms with E-state index in [1.807, 2.05) is 20.8 Å². The maximum absolute atomic E-state index is 12.6. The van der Waals surface area contributed by atoms with Crippen LogP contribution in [-0.4, -0.2) is 23.0 Å². The normalized spacial score (nSPS) is 10.9. The summed E-state index contributed by atoms with van der Waals surface area (Å²) >= 11 is 0. The van der Waals surface area contributed by atoms with Gasteiger partial charge in [-0.1, -0.05) is 27.4 Å². The summed E-state index contributed by atoms with van der Waals surface area (Å²) in [5.74, 6) is -0.790. The number of benzene rings is 3. The first-order valence-electron chi connectivity index (χ1n) is 10.8. The van der Waals surface area contributed by atoms with Gasteiger partial charge in [0, 0.05) is 11.1 Å². The smallest absolute Gasteiger partial charge is 0.343 e. The summed E-state index contributed by atoms with van der Waals surface area (Å²) in [7, 11) is 0. The van der Waals surface area contributed by atoms with E-state index >= 15 is 0 Å². The maximum atomic E-state index is 12.6. The molecule has 3 aromatic rings. The van der Waals surface area contributed by atoms with Gasteiger partial charge in [0.25, 0.3) is 0 Å². The monoisotopic (exact) mass is 474 g/mol. The predicted molar refractivity (Wildman–Crippen MR) is 130 cm³/mol. The highest BCUT2D eigenvalue weighted by molar-refractivity contribution is 5.92. The standard InChI is InChI=1S/C28H26O7/c1-17(2)25(30)33-21-12-8-19(9-13-21)26(31)34-22-14-15-24(23(16-22)28(3,4)5)35-27(32)18-6-10-20(29)11-7-18/h6-16,29H,1H2,2-5H3. The van der Waals surface area contributed by atoms with Crippen LogP contribution in [0, 0.1) is 0 Å². The lowest BCUT2D eigenvalue weighted by Gasteiger charge is -2.23. The topological polar surface area (TPSA) is 99.1 Å². The third kappa shape index (κ3) is 6.57. The summed E-state index contributed by atoms with van der Waals surface area (Å²) in [4.78, 5) is 36.8. The zero-order valence-electron chi connectivity index (χ0n) is 20.0. The first kappa shape index (κ1) is 25.2. The molecule has 0 aliphatic rings. The average Bonchev–Trinajstić information content (AvgIpc) is 2.80. The molecule has 0 aliphatic heterocycles. The molecule has 3 aromatic carbocycles. The van der Waals surface area contributed by atoms with Crippen molar-refractivity contribution in [1.29, 1.82) is 0 Å². The molecule has 0 unspecified atom stereocenters. The Balaban J connectivity index is 1.77. The van der Waals surface area contributed by atoms with Crippen LogP contribution in [0.3, 0.4) is 0 Å². The summed E-state index contributed by atoms with van der Waals surface area (Å²) in [6.45, 7) is 10.9. The number of phenols is 1. The molecular formula is C28H26O7. The molecule has 0 aromatic heterocycles. The minimum absolute atomic E-state index is 0.0469. The molecule has 1 N–H and O–H groups in total. The largest absolute Gasteiger partial charge is 0.508 e. The van der Waals surface area contributed by atoms with Crippen LogP contribution in [0.2, 0.25) is 0 Å². The molecular weight excluding hydrogens is 448 g/mol. The van der Waals surface area contributed by atoms with Crippen LogP contribution < -0.4 is 14.2 Å². The van der Waals surface area contributed by atoms with Gasteiger partial charge in [-0.05, 0) is 79.1 Å². The van der Waals surface area contributed by atoms with E-state index in [1.165, 1.54) is 54.6 Å². The number of phenolic OH excluding ortho intramolecular Hbond substituents is 1. The number of aromatic hydroxyl groups is 1. The van der Waals surface area contributed by atoms with Crippen molar-refractivity contribution in [3.8, 4) is 23.0 Å². The minimum atomic E-state index is -0.600. The van der Waals surface area contributed by atoms with Crippen molar-refractivity contribution in [3.63, 3.8) is 0 Å². The highest BCUT2D eigenvalue weighted by Crippen LogP contribution is 2.35. The number of carbonyl (C=O) groups is 3. The Morgan fingerprint density at radius 1 is 0.743 bits per heavy atom. The zero-order valence-corrected chi connectivity index (χ0v) is 20.0. The van der Waals surface area contributed by atoms with Crippen molar-refractivity contribution in [3.05, 3.63) is 95.6 Å². The SMILES string of the molecule is C=C(C)C(=O)Oc1ccc(C(=O)Oc2ccc(OC(=O)c3ccc(O)cc3)c(C(C)(C)C)c2)cc1. The van der Waals surface area contributed by atoms with Gasteiger partial charge in [0.15, 0.2) is 0 Å². The molecule has 7 heteroatoms. The Morgan fingerprint density at radius 2 is 1.26 bits per heavy atom. The molecule has 0 saturated heterocycles. The Hall–Kier alpha value is -4.39. The number of hydrogen-bond donors (Lipinski definition) is 1. The lowest BCUT2D eigenvalue weighted by atomic mass is 9.86. The number of rotatable bonds is 6. The highest BCUT2D eigenvalue weighted by Gasteiger charge is 2.23. The van der Waals surface area contributed by atoms with E-state index in [9.17, 15) is 19.5 Å². The highest BCUT2D eigenvalue weighted by atomic mass is 16.5. The van der Waals surface area contributed by atoms with Gasteiger partial charge in [-0.25, -0.2) is 14.4 Å². The van der Waals surface area contributed by atoms with Gasteiger partial charge in [0.1, 0.15) is 23.0 Å². The fourth-order valence-corrected chi connectivity index (χ4v) is 3.02. The summed E-state index contributed by atoms with van der Waals surface area (Å²) in [6, 6.07) is 16.5. The number of ether oxygens (including phenoxy) is 3. The first-order chi connectivity index (χ1) is 16.4. The molecule has 0 saturated carbocycles. The molecule has 0 radical (unpaired) electrons. The van der Waals surface area contributed by atoms with E-state index in [1.54, 1.807) is 19.1 Å². The number of carbonyl (C=O) groups excluding carboxylic acids is 3. The van der Waals surface area contributed by atoms with Crippen LogP contribution in [-0.2, 0) is 10.2 Å². The van der Waals surface area contributed by atoms with E-state index in [0.717, 1.165) is 0 Å². The first-order valence-corrected chi connectivity index (χ1v) is 10.8. The van der Waals surface area contributed by atoms with Crippen LogP contribution in [0.5, 0.6) is 23.0 Å². The van der Waals surface area contributed by atoms with E-state index in [0.29, 0.717) is 11.3 Å². The fourth-order valence-electron chi connectivity index (χ4n) is 3.02. The van der Waals surface area contributed by atoms with E-state index in [4.69, 9.17) is 14.2 Å². The molecule has 0 bridgehead atoms. The lowest BCUT2D eigenvalue weighted by Crippen LogP contribution is -2.17. The van der Waals surface area contributed by atoms with Crippen molar-refractivity contribution in [1.82, 2.24) is 0 Å². The molecule has 35 heavy (non-hydrogen) atoms. The van der Waals surface area contributed by atoms with Crippen LogP contribution >= 0.6 is 0 Å². The predicted octanol–water partition coefficient (Wildman–Crippen LogP) is 5.61. The quantitative estimate of drug-likeness (QED) is 0.282. The molecule has 3 rings (SSSR count). The van der Waals surface area contributed by atoms with Crippen LogP contribution in [0.15, 0.2) is 78.9 Å². The molecule has 0 fully saturated rings. The second-order valence-electron chi connectivity index (χ2n) is 8.93. The molecule has 0 spiro atoms. The van der Waals surface area contributed by atoms with Gasteiger partial charge < -0.3 is 19.3 Å². The van der Waals surface area contributed by atoms with E-state index < -0.39 is 23.3 Å². The Kier molecular flexibility index (Phi) is 7.40. The zero-order chi connectivity index (χ0) is 25.8. The molecule has 0 aliphatic carbocycles. The van der Waals surface area contributed by atoms with Crippen molar-refractivity contribution in [2.75, 3.05) is 0 Å². The van der Waals surface area contributed by atoms with E-state index in [-0.39, 0.29) is 33.9 Å². The number of esters is 3. The Morgan fingerprint density at radius 3 is 1.80 bits per heavy atom. The molecule has 7 nitrogen and oxygen atoms in total. The molecule has 180 valence electrons. The van der Waals surface area contributed by atoms with Crippen molar-refractivity contribution < 1.29 is 33.7 Å². The summed E-state index contributed by atoms with van der Waals surface area (Å²) < 4.78 is 16.2. The van der Waals surface area contributed by atoms with Gasteiger partial charge in [-0.15, -0.1) is 0 Å². The third-order valence-electron chi connectivity index (χ3n) is 4.92. The lowest BCUT2D eigenvalue weighted by molar-refractivity contribution is -0.130. The van der Waals surface area contributed by atoms with Crippen molar-refractivity contribution >= 4 is 17.9 Å². The molecule has 0 amide bonds. The van der Waals surface area contributed by atoms with Crippen molar-refractivity contribution in [2.45, 2.75) is 33.1 Å². The minimum Gasteiger partial charge on any atom is -0.508 e. The van der Waals surface area contributed by atoms with Gasteiger partial charge in [0.05, 0.1) is 11.1 Å². The summed E-state index contributed by atoms with van der Waals surface area (Å²) in [6.07, 6.45) is 0. The van der Waals surface area contributed by atoms with Gasteiger partial charge in [-0.2, -0.15) is 0 Å². The Labute approximate surface area is 203 Å². The third-order valence-corrected chi connectivity index (χ3v) is 4.92. The molecule has 0 atom stereocenters. The summed E-state index contributed by atoms with van der Waals surface area (Å²) in [5, 5.41) is 9.42. The Bertz CT molecular complexity index is 1260. The van der Waals surface area contributed by atoms with Crippen LogP contribution in [0.25, 0.3) is 0 Å². The fraction of sp³-hybridized carbons (Fsp3) is 0.179. The van der Waals surface area contributed by atoms with E-state index in [2.05, 4.69) is 6.58 Å². The van der Waals surface area contributed by atoms with Gasteiger partial charge in [0.2, 0.25) is 0 Å². The number of hydrogen-bond acceptors (Lipinski definition) is 7. The van der Waals surface area contributed by atoms with Crippen LogP contribution in [0.1, 0.15) is 54.0 Å². The average molecular weight is 475 g/mol. The van der Waals surface area contributed by atoms with Crippen LogP contribution in [0.4, 0.5) is 0 Å². The summed E-state index contributed by atoms with van der Waals surface area (Å²) in [5.41, 5.74) is 1.05. The maximum Gasteiger partial charge on any atom is 0.343 e. The van der Waals surface area contributed by atoms with Gasteiger partial charge in [-0.3, -0.25) is 0 Å². The second kappa shape index (κ2) is 10.3. The van der Waals surface area contributed by atoms with Gasteiger partial charge >= 0.3 is 17.9 Å².